The number of aromatic nitrogens is 3. The van der Waals surface area contributed by atoms with E-state index in [4.69, 9.17) is 5.11 Å². The number of hydrogen-bond acceptors (Lipinski definition) is 5. The maximum absolute atomic E-state index is 11.4. The molecule has 0 saturated heterocycles. The lowest BCUT2D eigenvalue weighted by Crippen LogP contribution is -2.28. The van der Waals surface area contributed by atoms with Crippen molar-refractivity contribution in [2.45, 2.75) is 6.54 Å². The Morgan fingerprint density at radius 3 is 2.95 bits per heavy atom. The fourth-order valence-corrected chi connectivity index (χ4v) is 1.47. The first-order valence-electron chi connectivity index (χ1n) is 5.51. The van der Waals surface area contributed by atoms with Crippen LogP contribution in [0.5, 0.6) is 0 Å². The molecule has 0 unspecified atom stereocenters. The highest BCUT2D eigenvalue weighted by atomic mass is 16.5. The quantitative estimate of drug-likeness (QED) is 0.725. The molecular weight excluding hydrogens is 252 g/mol. The van der Waals surface area contributed by atoms with Gasteiger partial charge in [-0.1, -0.05) is 6.07 Å². The summed E-state index contributed by atoms with van der Waals surface area (Å²) in [4.78, 5) is 21.6. The SMILES string of the molecule is O=C(O)COCC(=O)NCc1nnc2ccccn12. The lowest BCUT2D eigenvalue weighted by Gasteiger charge is -2.04. The number of hydrogen-bond donors (Lipinski definition) is 2. The van der Waals surface area contributed by atoms with E-state index in [2.05, 4.69) is 20.3 Å². The minimum atomic E-state index is -1.11. The monoisotopic (exact) mass is 264 g/mol. The molecule has 0 bridgehead atoms. The second kappa shape index (κ2) is 5.91. The third-order valence-corrected chi connectivity index (χ3v) is 2.29. The van der Waals surface area contributed by atoms with Crippen molar-refractivity contribution in [3.8, 4) is 0 Å². The van der Waals surface area contributed by atoms with Gasteiger partial charge >= 0.3 is 5.97 Å². The maximum Gasteiger partial charge on any atom is 0.329 e. The Bertz CT molecular complexity index is 595. The molecule has 8 heteroatoms. The van der Waals surface area contributed by atoms with Crippen LogP contribution in [-0.4, -0.2) is 44.8 Å². The standard InChI is InChI=1S/C11H12N4O4/c16-10(6-19-7-11(17)18)12-5-9-14-13-8-3-1-2-4-15(8)9/h1-4H,5-7H2,(H,12,16)(H,17,18). The van der Waals surface area contributed by atoms with Crippen LogP contribution >= 0.6 is 0 Å². The Morgan fingerprint density at radius 1 is 1.32 bits per heavy atom. The van der Waals surface area contributed by atoms with Crippen molar-refractivity contribution in [1.29, 1.82) is 0 Å². The number of nitrogens with zero attached hydrogens (tertiary/aromatic N) is 3. The van der Waals surface area contributed by atoms with Gasteiger partial charge < -0.3 is 15.2 Å². The second-order valence-corrected chi connectivity index (χ2v) is 3.71. The molecule has 2 aromatic rings. The van der Waals surface area contributed by atoms with Crippen LogP contribution < -0.4 is 5.32 Å². The summed E-state index contributed by atoms with van der Waals surface area (Å²) in [6, 6.07) is 5.47. The zero-order chi connectivity index (χ0) is 13.7. The highest BCUT2D eigenvalue weighted by Gasteiger charge is 2.07. The molecule has 1 amide bonds. The number of aliphatic carboxylic acids is 1. The van der Waals surface area contributed by atoms with Crippen molar-refractivity contribution in [2.75, 3.05) is 13.2 Å². The summed E-state index contributed by atoms with van der Waals surface area (Å²) in [5.41, 5.74) is 0.689. The van der Waals surface area contributed by atoms with Crippen LogP contribution in [0.4, 0.5) is 0 Å². The van der Waals surface area contributed by atoms with Gasteiger partial charge in [0.15, 0.2) is 11.5 Å². The van der Waals surface area contributed by atoms with Gasteiger partial charge in [-0.05, 0) is 12.1 Å². The third kappa shape index (κ3) is 3.49. The number of fused-ring (bicyclic) bond motifs is 1. The minimum Gasteiger partial charge on any atom is -0.480 e. The molecule has 0 radical (unpaired) electrons. The van der Waals surface area contributed by atoms with Crippen molar-refractivity contribution in [3.05, 3.63) is 30.2 Å². The molecule has 0 spiro atoms. The van der Waals surface area contributed by atoms with E-state index in [1.165, 1.54) is 0 Å². The number of pyridine rings is 1. The molecule has 2 rings (SSSR count). The van der Waals surface area contributed by atoms with Crippen molar-refractivity contribution in [2.24, 2.45) is 0 Å². The van der Waals surface area contributed by atoms with Gasteiger partial charge in [0.2, 0.25) is 5.91 Å². The lowest BCUT2D eigenvalue weighted by molar-refractivity contribution is -0.143. The number of nitrogens with one attached hydrogen (secondary N) is 1. The van der Waals surface area contributed by atoms with Crippen LogP contribution in [0.3, 0.4) is 0 Å². The van der Waals surface area contributed by atoms with Crippen molar-refractivity contribution in [1.82, 2.24) is 19.9 Å². The van der Waals surface area contributed by atoms with Gasteiger partial charge in [-0.25, -0.2) is 4.79 Å². The van der Waals surface area contributed by atoms with E-state index < -0.39 is 18.5 Å². The van der Waals surface area contributed by atoms with Crippen LogP contribution in [0.25, 0.3) is 5.65 Å². The Morgan fingerprint density at radius 2 is 2.16 bits per heavy atom. The number of carboxylic acids is 1. The smallest absolute Gasteiger partial charge is 0.329 e. The summed E-state index contributed by atoms with van der Waals surface area (Å²) in [5.74, 6) is -0.938. The minimum absolute atomic E-state index is 0.195. The maximum atomic E-state index is 11.4. The van der Waals surface area contributed by atoms with Gasteiger partial charge in [0.25, 0.3) is 0 Å². The Kier molecular flexibility index (Phi) is 4.04. The van der Waals surface area contributed by atoms with Gasteiger partial charge in [-0.2, -0.15) is 0 Å². The van der Waals surface area contributed by atoms with E-state index in [9.17, 15) is 9.59 Å². The van der Waals surface area contributed by atoms with Gasteiger partial charge in [-0.3, -0.25) is 9.20 Å². The zero-order valence-corrected chi connectivity index (χ0v) is 9.94. The molecule has 2 heterocycles. The summed E-state index contributed by atoms with van der Waals surface area (Å²) in [7, 11) is 0. The molecule has 100 valence electrons. The molecule has 0 aromatic carbocycles. The molecule has 0 aliphatic rings. The molecule has 0 aliphatic heterocycles. The van der Waals surface area contributed by atoms with E-state index in [0.717, 1.165) is 0 Å². The van der Waals surface area contributed by atoms with Crippen molar-refractivity contribution in [3.63, 3.8) is 0 Å². The largest absolute Gasteiger partial charge is 0.480 e. The van der Waals surface area contributed by atoms with Gasteiger partial charge in [-0.15, -0.1) is 10.2 Å². The third-order valence-electron chi connectivity index (χ3n) is 2.29. The second-order valence-electron chi connectivity index (χ2n) is 3.71. The average molecular weight is 264 g/mol. The van der Waals surface area contributed by atoms with Gasteiger partial charge in [0, 0.05) is 6.20 Å². The van der Waals surface area contributed by atoms with Crippen LogP contribution in [0.1, 0.15) is 5.82 Å². The van der Waals surface area contributed by atoms with Crippen LogP contribution in [0, 0.1) is 0 Å². The number of carbonyl (C=O) groups excluding carboxylic acids is 1. The Labute approximate surface area is 108 Å². The average Bonchev–Trinajstić information content (AvgIpc) is 2.79. The first kappa shape index (κ1) is 13.0. The molecule has 19 heavy (non-hydrogen) atoms. The van der Waals surface area contributed by atoms with Crippen LogP contribution in [0.15, 0.2) is 24.4 Å². The lowest BCUT2D eigenvalue weighted by atomic mass is 10.4. The molecule has 2 aromatic heterocycles. The zero-order valence-electron chi connectivity index (χ0n) is 9.94. The van der Waals surface area contributed by atoms with E-state index in [-0.39, 0.29) is 13.2 Å². The summed E-state index contributed by atoms with van der Waals surface area (Å²) in [5, 5.41) is 18.8. The van der Waals surface area contributed by atoms with Crippen molar-refractivity contribution < 1.29 is 19.4 Å². The van der Waals surface area contributed by atoms with Gasteiger partial charge in [0.05, 0.1) is 6.54 Å². The Hall–Kier alpha value is -2.48. The number of amides is 1. The molecule has 0 fully saturated rings. The van der Waals surface area contributed by atoms with Crippen LogP contribution in [-0.2, 0) is 20.9 Å². The van der Waals surface area contributed by atoms with Crippen LogP contribution in [0.2, 0.25) is 0 Å². The highest BCUT2D eigenvalue weighted by molar-refractivity contribution is 5.77. The number of rotatable bonds is 6. The van der Waals surface area contributed by atoms with Crippen molar-refractivity contribution >= 4 is 17.5 Å². The first-order valence-corrected chi connectivity index (χ1v) is 5.51. The molecule has 0 aliphatic carbocycles. The predicted molar refractivity (Wildman–Crippen MR) is 63.3 cm³/mol. The van der Waals surface area contributed by atoms with E-state index >= 15 is 0 Å². The molecule has 2 N–H and O–H groups in total. The van der Waals surface area contributed by atoms with E-state index in [1.54, 1.807) is 16.7 Å². The van der Waals surface area contributed by atoms with Gasteiger partial charge in [0.1, 0.15) is 13.2 Å². The fourth-order valence-electron chi connectivity index (χ4n) is 1.47. The summed E-state index contributed by atoms with van der Waals surface area (Å²) < 4.78 is 6.41. The Balaban J connectivity index is 1.85. The number of carbonyl (C=O) groups is 2. The predicted octanol–water partition coefficient (Wildman–Crippen LogP) is -0.553. The summed E-state index contributed by atoms with van der Waals surface area (Å²) in [6.45, 7) is -0.606. The van der Waals surface area contributed by atoms with E-state index in [1.807, 2.05) is 12.1 Å². The molecular formula is C11H12N4O4. The first-order chi connectivity index (χ1) is 9.16. The molecule has 0 atom stereocenters. The van der Waals surface area contributed by atoms with E-state index in [0.29, 0.717) is 11.5 Å². The summed E-state index contributed by atoms with van der Waals surface area (Å²) in [6.07, 6.45) is 1.79. The normalized spacial score (nSPS) is 10.5. The highest BCUT2D eigenvalue weighted by Crippen LogP contribution is 2.01. The fraction of sp³-hybridized carbons (Fsp3) is 0.273. The number of ether oxygens (including phenoxy) is 1. The topological polar surface area (TPSA) is 106 Å². The summed E-state index contributed by atoms with van der Waals surface area (Å²) >= 11 is 0. The molecule has 8 nitrogen and oxygen atoms in total. The number of carboxylic acid groups (broad SMARTS) is 1. The molecule has 0 saturated carbocycles.